The predicted molar refractivity (Wildman–Crippen MR) is 81.4 cm³/mol. The van der Waals surface area contributed by atoms with Crippen molar-refractivity contribution in [3.05, 3.63) is 18.2 Å². The van der Waals surface area contributed by atoms with E-state index in [-0.39, 0.29) is 10.9 Å². The van der Waals surface area contributed by atoms with Crippen LogP contribution >= 0.6 is 0 Å². The first-order valence-corrected chi connectivity index (χ1v) is 8.72. The molecule has 118 valence electrons. The maximum Gasteiger partial charge on any atom is 0.247 e. The summed E-state index contributed by atoms with van der Waals surface area (Å²) in [5.74, 6) is 0.909. The molecule has 0 aliphatic carbocycles. The second-order valence-corrected chi connectivity index (χ2v) is 7.05. The van der Waals surface area contributed by atoms with Crippen molar-refractivity contribution in [1.82, 2.24) is 4.31 Å². The van der Waals surface area contributed by atoms with Crippen LogP contribution in [-0.2, 0) is 10.0 Å². The van der Waals surface area contributed by atoms with Crippen LogP contribution in [0.25, 0.3) is 0 Å². The van der Waals surface area contributed by atoms with E-state index < -0.39 is 10.0 Å². The summed E-state index contributed by atoms with van der Waals surface area (Å²) in [5.41, 5.74) is 0. The Morgan fingerprint density at radius 1 is 1.24 bits per heavy atom. The Bertz CT molecular complexity index is 585. The van der Waals surface area contributed by atoms with Crippen LogP contribution in [0.1, 0.15) is 32.6 Å². The van der Waals surface area contributed by atoms with Crippen molar-refractivity contribution in [2.45, 2.75) is 43.5 Å². The molecule has 1 aliphatic heterocycles. The fourth-order valence-corrected chi connectivity index (χ4v) is 4.72. The van der Waals surface area contributed by atoms with Crippen molar-refractivity contribution < 1.29 is 17.9 Å². The first-order valence-electron chi connectivity index (χ1n) is 7.28. The SMILES string of the molecule is CCC1CCCCN1S(=O)(=O)c1ccc(OC)cc1OC. The van der Waals surface area contributed by atoms with Gasteiger partial charge in [0.2, 0.25) is 10.0 Å². The van der Waals surface area contributed by atoms with Crippen LogP contribution in [-0.4, -0.2) is 39.5 Å². The molecular weight excluding hydrogens is 290 g/mol. The molecular formula is C15H23NO4S. The summed E-state index contributed by atoms with van der Waals surface area (Å²) in [7, 11) is -0.522. The van der Waals surface area contributed by atoms with Gasteiger partial charge in [0.05, 0.1) is 14.2 Å². The van der Waals surface area contributed by atoms with Gasteiger partial charge in [-0.05, 0) is 31.4 Å². The van der Waals surface area contributed by atoms with Crippen LogP contribution in [0.4, 0.5) is 0 Å². The third-order valence-electron chi connectivity index (χ3n) is 4.00. The molecule has 1 aromatic carbocycles. The van der Waals surface area contributed by atoms with Gasteiger partial charge in [-0.25, -0.2) is 8.42 Å². The van der Waals surface area contributed by atoms with Crippen molar-refractivity contribution >= 4 is 10.0 Å². The topological polar surface area (TPSA) is 55.8 Å². The number of rotatable bonds is 5. The molecule has 1 unspecified atom stereocenters. The standard InChI is InChI=1S/C15H23NO4S/c1-4-12-7-5-6-10-16(12)21(17,18)15-9-8-13(19-2)11-14(15)20-3/h8-9,11-12H,4-7,10H2,1-3H3. The molecule has 0 amide bonds. The van der Waals surface area contributed by atoms with Gasteiger partial charge < -0.3 is 9.47 Å². The molecule has 0 spiro atoms. The monoisotopic (exact) mass is 313 g/mol. The van der Waals surface area contributed by atoms with Crippen molar-refractivity contribution in [1.29, 1.82) is 0 Å². The summed E-state index contributed by atoms with van der Waals surface area (Å²) < 4.78 is 37.9. The van der Waals surface area contributed by atoms with E-state index in [0.29, 0.717) is 18.0 Å². The molecule has 21 heavy (non-hydrogen) atoms. The smallest absolute Gasteiger partial charge is 0.247 e. The molecule has 2 rings (SSSR count). The van der Waals surface area contributed by atoms with E-state index in [2.05, 4.69) is 0 Å². The second kappa shape index (κ2) is 6.66. The molecule has 6 heteroatoms. The molecule has 1 saturated heterocycles. The van der Waals surface area contributed by atoms with Gasteiger partial charge in [-0.1, -0.05) is 13.3 Å². The predicted octanol–water partition coefficient (Wildman–Crippen LogP) is 2.66. The lowest BCUT2D eigenvalue weighted by Crippen LogP contribution is -2.43. The fraction of sp³-hybridized carbons (Fsp3) is 0.600. The minimum absolute atomic E-state index is 0.0792. The normalized spacial score (nSPS) is 20.2. The van der Waals surface area contributed by atoms with E-state index in [0.717, 1.165) is 25.7 Å². The minimum atomic E-state index is -3.54. The third kappa shape index (κ3) is 3.16. The number of sulfonamides is 1. The largest absolute Gasteiger partial charge is 0.497 e. The van der Waals surface area contributed by atoms with Crippen molar-refractivity contribution in [2.75, 3.05) is 20.8 Å². The number of hydrogen-bond donors (Lipinski definition) is 0. The highest BCUT2D eigenvalue weighted by Crippen LogP contribution is 2.33. The lowest BCUT2D eigenvalue weighted by atomic mass is 10.0. The van der Waals surface area contributed by atoms with E-state index in [1.54, 1.807) is 29.6 Å². The van der Waals surface area contributed by atoms with Crippen LogP contribution in [0.15, 0.2) is 23.1 Å². The quantitative estimate of drug-likeness (QED) is 0.838. The maximum atomic E-state index is 12.9. The molecule has 0 N–H and O–H groups in total. The van der Waals surface area contributed by atoms with Crippen molar-refractivity contribution in [3.63, 3.8) is 0 Å². The number of benzene rings is 1. The summed E-state index contributed by atoms with van der Waals surface area (Å²) in [4.78, 5) is 0.214. The average Bonchev–Trinajstić information content (AvgIpc) is 2.53. The van der Waals surface area contributed by atoms with E-state index >= 15 is 0 Å². The Kier molecular flexibility index (Phi) is 5.11. The summed E-state index contributed by atoms with van der Waals surface area (Å²) in [6.07, 6.45) is 3.75. The van der Waals surface area contributed by atoms with Crippen LogP contribution in [0.3, 0.4) is 0 Å². The molecule has 1 fully saturated rings. The molecule has 0 radical (unpaired) electrons. The van der Waals surface area contributed by atoms with E-state index in [9.17, 15) is 8.42 Å². The Morgan fingerprint density at radius 2 is 2.00 bits per heavy atom. The number of ether oxygens (including phenoxy) is 2. The number of methoxy groups -OCH3 is 2. The molecule has 0 bridgehead atoms. The van der Waals surface area contributed by atoms with E-state index in [4.69, 9.17) is 9.47 Å². The molecule has 5 nitrogen and oxygen atoms in total. The fourth-order valence-electron chi connectivity index (χ4n) is 2.81. The van der Waals surface area contributed by atoms with Gasteiger partial charge in [0, 0.05) is 18.7 Å². The Labute approximate surface area is 126 Å². The molecule has 1 aromatic rings. The Hall–Kier alpha value is -1.27. The van der Waals surface area contributed by atoms with Gasteiger partial charge in [-0.15, -0.1) is 0 Å². The second-order valence-electron chi connectivity index (χ2n) is 5.19. The zero-order valence-corrected chi connectivity index (χ0v) is 13.6. The average molecular weight is 313 g/mol. The number of hydrogen-bond acceptors (Lipinski definition) is 4. The highest BCUT2D eigenvalue weighted by Gasteiger charge is 2.34. The first-order chi connectivity index (χ1) is 10.0. The molecule has 1 atom stereocenters. The third-order valence-corrected chi connectivity index (χ3v) is 5.99. The molecule has 0 aromatic heterocycles. The van der Waals surface area contributed by atoms with Gasteiger partial charge in [-0.2, -0.15) is 4.31 Å². The van der Waals surface area contributed by atoms with Gasteiger partial charge in [0.25, 0.3) is 0 Å². The summed E-state index contributed by atoms with van der Waals surface area (Å²) >= 11 is 0. The molecule has 1 heterocycles. The highest BCUT2D eigenvalue weighted by molar-refractivity contribution is 7.89. The Morgan fingerprint density at radius 3 is 2.62 bits per heavy atom. The van der Waals surface area contributed by atoms with E-state index in [1.807, 2.05) is 6.92 Å². The zero-order chi connectivity index (χ0) is 15.5. The zero-order valence-electron chi connectivity index (χ0n) is 12.8. The van der Waals surface area contributed by atoms with Crippen LogP contribution < -0.4 is 9.47 Å². The summed E-state index contributed by atoms with van der Waals surface area (Å²) in [6, 6.07) is 4.91. The highest BCUT2D eigenvalue weighted by atomic mass is 32.2. The van der Waals surface area contributed by atoms with Crippen LogP contribution in [0.2, 0.25) is 0 Å². The summed E-state index contributed by atoms with van der Waals surface area (Å²) in [6.45, 7) is 2.61. The minimum Gasteiger partial charge on any atom is -0.497 e. The molecule has 1 aliphatic rings. The first kappa shape index (κ1) is 16.1. The van der Waals surface area contributed by atoms with Crippen LogP contribution in [0, 0.1) is 0 Å². The van der Waals surface area contributed by atoms with Gasteiger partial charge in [-0.3, -0.25) is 0 Å². The van der Waals surface area contributed by atoms with Gasteiger partial charge in [0.1, 0.15) is 16.4 Å². The lowest BCUT2D eigenvalue weighted by molar-refractivity contribution is 0.246. The van der Waals surface area contributed by atoms with Gasteiger partial charge in [0.15, 0.2) is 0 Å². The molecule has 0 saturated carbocycles. The van der Waals surface area contributed by atoms with Gasteiger partial charge >= 0.3 is 0 Å². The number of nitrogens with zero attached hydrogens (tertiary/aromatic N) is 1. The van der Waals surface area contributed by atoms with Crippen LogP contribution in [0.5, 0.6) is 11.5 Å². The lowest BCUT2D eigenvalue weighted by Gasteiger charge is -2.34. The Balaban J connectivity index is 2.43. The number of piperidine rings is 1. The van der Waals surface area contributed by atoms with E-state index in [1.165, 1.54) is 7.11 Å². The summed E-state index contributed by atoms with van der Waals surface area (Å²) in [5, 5.41) is 0. The van der Waals surface area contributed by atoms with Crippen molar-refractivity contribution in [2.24, 2.45) is 0 Å². The van der Waals surface area contributed by atoms with Crippen molar-refractivity contribution in [3.8, 4) is 11.5 Å². The maximum absolute atomic E-state index is 12.9.